The first-order valence-electron chi connectivity index (χ1n) is 6.36. The Kier molecular flexibility index (Phi) is 7.59. The van der Waals surface area contributed by atoms with Crippen LogP contribution in [0, 0.1) is 5.41 Å². The number of unbranched alkanes of at least 4 members (excludes halogenated alkanes) is 3. The van der Waals surface area contributed by atoms with Crippen LogP contribution in [0.15, 0.2) is 0 Å². The largest absolute Gasteiger partial charge is 0.481 e. The average molecular weight is 243 g/mol. The summed E-state index contributed by atoms with van der Waals surface area (Å²) in [7, 11) is 0. The van der Waals surface area contributed by atoms with E-state index in [2.05, 4.69) is 12.2 Å². The lowest BCUT2D eigenvalue weighted by Gasteiger charge is -2.21. The van der Waals surface area contributed by atoms with E-state index in [1.54, 1.807) is 13.8 Å². The normalized spacial score (nSPS) is 11.2. The Morgan fingerprint density at radius 1 is 1.12 bits per heavy atom. The van der Waals surface area contributed by atoms with Gasteiger partial charge in [0.25, 0.3) is 0 Å². The number of carboxylic acid groups (broad SMARTS) is 1. The quantitative estimate of drug-likeness (QED) is 0.612. The number of nitrogens with one attached hydrogen (secondary N) is 1. The lowest BCUT2D eigenvalue weighted by molar-refractivity contribution is -0.139. The van der Waals surface area contributed by atoms with Crippen molar-refractivity contribution in [1.29, 1.82) is 0 Å². The molecule has 0 heterocycles. The Morgan fingerprint density at radius 2 is 1.76 bits per heavy atom. The summed E-state index contributed by atoms with van der Waals surface area (Å²) in [5.74, 6) is -0.904. The van der Waals surface area contributed by atoms with E-state index in [9.17, 15) is 9.59 Å². The molecule has 0 saturated carbocycles. The third kappa shape index (κ3) is 9.85. The molecule has 0 aromatic heterocycles. The molecular weight excluding hydrogens is 218 g/mol. The Bertz CT molecular complexity index is 249. The van der Waals surface area contributed by atoms with Crippen molar-refractivity contribution in [2.45, 2.75) is 59.3 Å². The predicted octanol–water partition coefficient (Wildman–Crippen LogP) is 2.57. The van der Waals surface area contributed by atoms with Gasteiger partial charge in [0.1, 0.15) is 0 Å². The van der Waals surface area contributed by atoms with Gasteiger partial charge in [-0.2, -0.15) is 0 Å². The van der Waals surface area contributed by atoms with E-state index >= 15 is 0 Å². The van der Waals surface area contributed by atoms with E-state index in [-0.39, 0.29) is 18.7 Å². The van der Waals surface area contributed by atoms with Gasteiger partial charge in [-0.1, -0.05) is 40.0 Å². The standard InChI is InChI=1S/C13H25NO3/c1-4-5-6-7-8-14-11(15)9-13(2,3)10-12(16)17/h4-10H2,1-3H3,(H,14,15)(H,16,17). The Labute approximate surface area is 104 Å². The fraction of sp³-hybridized carbons (Fsp3) is 0.846. The van der Waals surface area contributed by atoms with Crippen LogP contribution in [0.3, 0.4) is 0 Å². The monoisotopic (exact) mass is 243 g/mol. The summed E-state index contributed by atoms with van der Waals surface area (Å²) in [5.41, 5.74) is -0.473. The highest BCUT2D eigenvalue weighted by Gasteiger charge is 2.24. The van der Waals surface area contributed by atoms with Crippen molar-refractivity contribution < 1.29 is 14.7 Å². The van der Waals surface area contributed by atoms with Crippen molar-refractivity contribution >= 4 is 11.9 Å². The number of carbonyl (C=O) groups excluding carboxylic acids is 1. The third-order valence-corrected chi connectivity index (χ3v) is 2.62. The van der Waals surface area contributed by atoms with Crippen LogP contribution in [-0.4, -0.2) is 23.5 Å². The molecule has 0 aliphatic carbocycles. The highest BCUT2D eigenvalue weighted by Crippen LogP contribution is 2.24. The molecule has 0 radical (unpaired) electrons. The first-order valence-corrected chi connectivity index (χ1v) is 6.36. The fourth-order valence-corrected chi connectivity index (χ4v) is 1.75. The second-order valence-electron chi connectivity index (χ2n) is 5.32. The molecule has 0 aliphatic rings. The van der Waals surface area contributed by atoms with Gasteiger partial charge in [-0.15, -0.1) is 0 Å². The van der Waals surface area contributed by atoms with Gasteiger partial charge in [0.15, 0.2) is 0 Å². The lowest BCUT2D eigenvalue weighted by atomic mass is 9.85. The van der Waals surface area contributed by atoms with Gasteiger partial charge < -0.3 is 10.4 Å². The molecule has 2 N–H and O–H groups in total. The van der Waals surface area contributed by atoms with Crippen LogP contribution in [0.2, 0.25) is 0 Å². The summed E-state index contributed by atoms with van der Waals surface area (Å²) in [6.07, 6.45) is 4.80. The summed E-state index contributed by atoms with van der Waals surface area (Å²) < 4.78 is 0. The molecule has 1 amide bonds. The number of hydrogen-bond acceptors (Lipinski definition) is 2. The predicted molar refractivity (Wildman–Crippen MR) is 67.8 cm³/mol. The second kappa shape index (κ2) is 8.09. The van der Waals surface area contributed by atoms with Gasteiger partial charge in [-0.05, 0) is 11.8 Å². The molecule has 100 valence electrons. The van der Waals surface area contributed by atoms with Crippen LogP contribution >= 0.6 is 0 Å². The van der Waals surface area contributed by atoms with Gasteiger partial charge in [0.05, 0.1) is 6.42 Å². The lowest BCUT2D eigenvalue weighted by Crippen LogP contribution is -2.30. The zero-order valence-electron chi connectivity index (χ0n) is 11.2. The highest BCUT2D eigenvalue weighted by molar-refractivity contribution is 5.77. The van der Waals surface area contributed by atoms with E-state index in [1.165, 1.54) is 12.8 Å². The number of hydrogen-bond donors (Lipinski definition) is 2. The van der Waals surface area contributed by atoms with E-state index in [0.717, 1.165) is 12.8 Å². The van der Waals surface area contributed by atoms with Crippen LogP contribution in [0.25, 0.3) is 0 Å². The maximum Gasteiger partial charge on any atom is 0.303 e. The maximum atomic E-state index is 11.6. The van der Waals surface area contributed by atoms with Crippen molar-refractivity contribution in [1.82, 2.24) is 5.32 Å². The summed E-state index contributed by atoms with van der Waals surface area (Å²) in [6.45, 7) is 6.45. The summed E-state index contributed by atoms with van der Waals surface area (Å²) in [5, 5.41) is 11.5. The molecule has 17 heavy (non-hydrogen) atoms. The zero-order valence-corrected chi connectivity index (χ0v) is 11.2. The first kappa shape index (κ1) is 15.9. The van der Waals surface area contributed by atoms with Crippen LogP contribution in [0.4, 0.5) is 0 Å². The number of rotatable bonds is 9. The van der Waals surface area contributed by atoms with E-state index in [4.69, 9.17) is 5.11 Å². The minimum Gasteiger partial charge on any atom is -0.481 e. The maximum absolute atomic E-state index is 11.6. The van der Waals surface area contributed by atoms with E-state index in [1.807, 2.05) is 0 Å². The first-order chi connectivity index (χ1) is 7.87. The molecule has 0 aliphatic heterocycles. The van der Waals surface area contributed by atoms with Crippen molar-refractivity contribution in [2.75, 3.05) is 6.54 Å². The van der Waals surface area contributed by atoms with Crippen LogP contribution in [-0.2, 0) is 9.59 Å². The molecule has 4 nitrogen and oxygen atoms in total. The van der Waals surface area contributed by atoms with Gasteiger partial charge in [-0.3, -0.25) is 9.59 Å². The molecule has 0 spiro atoms. The third-order valence-electron chi connectivity index (χ3n) is 2.62. The van der Waals surface area contributed by atoms with Gasteiger partial charge in [-0.25, -0.2) is 0 Å². The second-order valence-corrected chi connectivity index (χ2v) is 5.32. The molecule has 0 atom stereocenters. The summed E-state index contributed by atoms with van der Waals surface area (Å²) >= 11 is 0. The van der Waals surface area contributed by atoms with Crippen molar-refractivity contribution in [3.05, 3.63) is 0 Å². The molecule has 0 aromatic rings. The smallest absolute Gasteiger partial charge is 0.303 e. The topological polar surface area (TPSA) is 66.4 Å². The van der Waals surface area contributed by atoms with E-state index in [0.29, 0.717) is 6.54 Å². The Hall–Kier alpha value is -1.06. The molecule has 0 bridgehead atoms. The summed E-state index contributed by atoms with van der Waals surface area (Å²) in [6, 6.07) is 0. The minimum atomic E-state index is -0.856. The number of carboxylic acids is 1. The van der Waals surface area contributed by atoms with Crippen molar-refractivity contribution in [2.24, 2.45) is 5.41 Å². The minimum absolute atomic E-state index is 0.0241. The molecule has 0 unspecified atom stereocenters. The average Bonchev–Trinajstić information content (AvgIpc) is 2.14. The van der Waals surface area contributed by atoms with Crippen LogP contribution < -0.4 is 5.32 Å². The van der Waals surface area contributed by atoms with Gasteiger partial charge in [0, 0.05) is 13.0 Å². The van der Waals surface area contributed by atoms with Gasteiger partial charge in [0.2, 0.25) is 5.91 Å². The molecular formula is C13H25NO3. The number of carbonyl (C=O) groups is 2. The molecule has 4 heteroatoms. The van der Waals surface area contributed by atoms with Gasteiger partial charge >= 0.3 is 5.97 Å². The Morgan fingerprint density at radius 3 is 2.29 bits per heavy atom. The number of amides is 1. The molecule has 0 fully saturated rings. The SMILES string of the molecule is CCCCCCNC(=O)CC(C)(C)CC(=O)O. The molecule has 0 rings (SSSR count). The van der Waals surface area contributed by atoms with Crippen molar-refractivity contribution in [3.8, 4) is 0 Å². The highest BCUT2D eigenvalue weighted by atomic mass is 16.4. The molecule has 0 aromatic carbocycles. The molecule has 0 saturated heterocycles. The number of aliphatic carboxylic acids is 1. The zero-order chi connectivity index (χ0) is 13.3. The van der Waals surface area contributed by atoms with Crippen molar-refractivity contribution in [3.63, 3.8) is 0 Å². The van der Waals surface area contributed by atoms with E-state index < -0.39 is 11.4 Å². The fourth-order valence-electron chi connectivity index (χ4n) is 1.75. The summed E-state index contributed by atoms with van der Waals surface area (Å²) in [4.78, 5) is 22.2. The van der Waals surface area contributed by atoms with Crippen LogP contribution in [0.1, 0.15) is 59.3 Å². The Balaban J connectivity index is 3.73. The van der Waals surface area contributed by atoms with Crippen LogP contribution in [0.5, 0.6) is 0 Å².